The molecule has 19 heavy (non-hydrogen) atoms. The maximum absolute atomic E-state index is 12.4. The van der Waals surface area contributed by atoms with E-state index in [1.807, 2.05) is 40.1 Å². The first-order valence-electron chi connectivity index (χ1n) is 6.05. The van der Waals surface area contributed by atoms with E-state index in [1.165, 1.54) is 11.3 Å². The number of hydrogen-bond acceptors (Lipinski definition) is 4. The number of hydrogen-bond donors (Lipinski definition) is 1. The first-order valence-corrected chi connectivity index (χ1v) is 6.93. The van der Waals surface area contributed by atoms with E-state index in [1.54, 1.807) is 10.9 Å². The Morgan fingerprint density at radius 3 is 2.58 bits per heavy atom. The molecule has 2 aromatic heterocycles. The van der Waals surface area contributed by atoms with Gasteiger partial charge in [-0.3, -0.25) is 9.48 Å². The molecule has 0 fully saturated rings. The summed E-state index contributed by atoms with van der Waals surface area (Å²) in [6, 6.07) is 0. The van der Waals surface area contributed by atoms with Crippen LogP contribution in [0.4, 0.5) is 0 Å². The van der Waals surface area contributed by atoms with Gasteiger partial charge in [-0.2, -0.15) is 5.10 Å². The SMILES string of the molecule is Cc1nn(C)c(C)c1C(=O)NC(C)(C)c1nccs1. The molecule has 0 saturated carbocycles. The zero-order valence-corrected chi connectivity index (χ0v) is 12.6. The molecular weight excluding hydrogens is 260 g/mol. The second-order valence-corrected chi connectivity index (χ2v) is 5.98. The van der Waals surface area contributed by atoms with Crippen LogP contribution in [0.3, 0.4) is 0 Å². The predicted molar refractivity (Wildman–Crippen MR) is 75.3 cm³/mol. The van der Waals surface area contributed by atoms with Crippen LogP contribution in [-0.2, 0) is 12.6 Å². The number of carbonyl (C=O) groups excluding carboxylic acids is 1. The highest BCUT2D eigenvalue weighted by atomic mass is 32.1. The van der Waals surface area contributed by atoms with Crippen molar-refractivity contribution < 1.29 is 4.79 Å². The van der Waals surface area contributed by atoms with Crippen molar-refractivity contribution in [2.75, 3.05) is 0 Å². The van der Waals surface area contributed by atoms with Gasteiger partial charge in [0.25, 0.3) is 5.91 Å². The van der Waals surface area contributed by atoms with E-state index in [9.17, 15) is 4.79 Å². The first kappa shape index (κ1) is 13.7. The van der Waals surface area contributed by atoms with Crippen LogP contribution < -0.4 is 5.32 Å². The number of aryl methyl sites for hydroxylation is 2. The van der Waals surface area contributed by atoms with E-state index >= 15 is 0 Å². The molecular formula is C13H18N4OS. The summed E-state index contributed by atoms with van der Waals surface area (Å²) in [5.74, 6) is -0.108. The van der Waals surface area contributed by atoms with E-state index in [-0.39, 0.29) is 5.91 Å². The first-order chi connectivity index (χ1) is 8.83. The minimum absolute atomic E-state index is 0.108. The monoisotopic (exact) mass is 278 g/mol. The molecule has 2 rings (SSSR count). The molecule has 6 heteroatoms. The Bertz CT molecular complexity index is 598. The van der Waals surface area contributed by atoms with Crippen molar-refractivity contribution in [2.45, 2.75) is 33.2 Å². The van der Waals surface area contributed by atoms with E-state index in [4.69, 9.17) is 0 Å². The van der Waals surface area contributed by atoms with Gasteiger partial charge in [0.1, 0.15) is 5.01 Å². The Morgan fingerprint density at radius 2 is 2.11 bits per heavy atom. The smallest absolute Gasteiger partial charge is 0.255 e. The highest BCUT2D eigenvalue weighted by molar-refractivity contribution is 7.09. The van der Waals surface area contributed by atoms with Crippen LogP contribution in [0.1, 0.15) is 40.6 Å². The maximum atomic E-state index is 12.4. The molecule has 0 aliphatic carbocycles. The van der Waals surface area contributed by atoms with Gasteiger partial charge in [0, 0.05) is 24.3 Å². The second-order valence-electron chi connectivity index (χ2n) is 5.09. The van der Waals surface area contributed by atoms with Gasteiger partial charge in [0.2, 0.25) is 0 Å². The van der Waals surface area contributed by atoms with Crippen LogP contribution in [0, 0.1) is 13.8 Å². The normalized spacial score (nSPS) is 11.6. The molecule has 0 saturated heterocycles. The van der Waals surface area contributed by atoms with Crippen molar-refractivity contribution in [2.24, 2.45) is 7.05 Å². The molecule has 1 amide bonds. The third kappa shape index (κ3) is 2.53. The second kappa shape index (κ2) is 4.77. The molecule has 0 bridgehead atoms. The van der Waals surface area contributed by atoms with E-state index in [0.717, 1.165) is 16.4 Å². The number of carbonyl (C=O) groups is 1. The lowest BCUT2D eigenvalue weighted by Gasteiger charge is -2.23. The predicted octanol–water partition coefficient (Wildman–Crippen LogP) is 2.16. The minimum Gasteiger partial charge on any atom is -0.341 e. The van der Waals surface area contributed by atoms with Crippen LogP contribution in [0.25, 0.3) is 0 Å². The largest absolute Gasteiger partial charge is 0.341 e. The van der Waals surface area contributed by atoms with Crippen LogP contribution in [-0.4, -0.2) is 20.7 Å². The Hall–Kier alpha value is -1.69. The Balaban J connectivity index is 2.27. The highest BCUT2D eigenvalue weighted by Crippen LogP contribution is 2.23. The molecule has 0 atom stereocenters. The fraction of sp³-hybridized carbons (Fsp3) is 0.462. The molecule has 102 valence electrons. The number of rotatable bonds is 3. The third-order valence-electron chi connectivity index (χ3n) is 3.13. The Morgan fingerprint density at radius 1 is 1.42 bits per heavy atom. The van der Waals surface area contributed by atoms with Crippen molar-refractivity contribution >= 4 is 17.2 Å². The fourth-order valence-corrected chi connectivity index (χ4v) is 2.75. The van der Waals surface area contributed by atoms with E-state index < -0.39 is 5.54 Å². The van der Waals surface area contributed by atoms with Crippen LogP contribution in [0.5, 0.6) is 0 Å². The standard InChI is InChI=1S/C13H18N4OS/c1-8-10(9(2)17(5)16-8)11(18)15-13(3,4)12-14-6-7-19-12/h6-7H,1-5H3,(H,15,18). The number of nitrogens with zero attached hydrogens (tertiary/aromatic N) is 3. The quantitative estimate of drug-likeness (QED) is 0.936. The molecule has 0 radical (unpaired) electrons. The lowest BCUT2D eigenvalue weighted by molar-refractivity contribution is 0.0910. The molecule has 1 N–H and O–H groups in total. The maximum Gasteiger partial charge on any atom is 0.255 e. The highest BCUT2D eigenvalue weighted by Gasteiger charge is 2.28. The van der Waals surface area contributed by atoms with Crippen LogP contribution in [0.15, 0.2) is 11.6 Å². The van der Waals surface area contributed by atoms with E-state index in [2.05, 4.69) is 15.4 Å². The minimum atomic E-state index is -0.486. The van der Waals surface area contributed by atoms with Gasteiger partial charge in [0.15, 0.2) is 0 Å². The van der Waals surface area contributed by atoms with Crippen molar-refractivity contribution in [1.29, 1.82) is 0 Å². The molecule has 2 heterocycles. The number of nitrogens with one attached hydrogen (secondary N) is 1. The van der Waals surface area contributed by atoms with Crippen molar-refractivity contribution in [1.82, 2.24) is 20.1 Å². The average Bonchev–Trinajstić information content (AvgIpc) is 2.88. The molecule has 5 nitrogen and oxygen atoms in total. The van der Waals surface area contributed by atoms with Crippen LogP contribution in [0.2, 0.25) is 0 Å². The summed E-state index contributed by atoms with van der Waals surface area (Å²) in [6.07, 6.45) is 1.74. The lowest BCUT2D eigenvalue weighted by Crippen LogP contribution is -2.41. The van der Waals surface area contributed by atoms with E-state index in [0.29, 0.717) is 5.56 Å². The molecule has 0 spiro atoms. The Labute approximate surface area is 116 Å². The zero-order chi connectivity index (χ0) is 14.2. The van der Waals surface area contributed by atoms with Crippen molar-refractivity contribution in [3.05, 3.63) is 33.5 Å². The lowest BCUT2D eigenvalue weighted by atomic mass is 10.1. The third-order valence-corrected chi connectivity index (χ3v) is 4.23. The average molecular weight is 278 g/mol. The summed E-state index contributed by atoms with van der Waals surface area (Å²) in [7, 11) is 1.84. The summed E-state index contributed by atoms with van der Waals surface area (Å²) in [6.45, 7) is 7.64. The number of aromatic nitrogens is 3. The van der Waals surface area contributed by atoms with Gasteiger partial charge in [-0.1, -0.05) is 0 Å². The summed E-state index contributed by atoms with van der Waals surface area (Å²) in [5, 5.41) is 10.1. The summed E-state index contributed by atoms with van der Waals surface area (Å²) >= 11 is 1.53. The van der Waals surface area contributed by atoms with Gasteiger partial charge in [-0.15, -0.1) is 11.3 Å². The van der Waals surface area contributed by atoms with Crippen molar-refractivity contribution in [3.63, 3.8) is 0 Å². The zero-order valence-electron chi connectivity index (χ0n) is 11.8. The Kier molecular flexibility index (Phi) is 3.45. The molecule has 0 aliphatic rings. The molecule has 0 aliphatic heterocycles. The summed E-state index contributed by atoms with van der Waals surface area (Å²) in [5.41, 5.74) is 1.77. The van der Waals surface area contributed by atoms with Gasteiger partial charge < -0.3 is 5.32 Å². The summed E-state index contributed by atoms with van der Waals surface area (Å²) in [4.78, 5) is 16.7. The van der Waals surface area contributed by atoms with Gasteiger partial charge >= 0.3 is 0 Å². The molecule has 0 unspecified atom stereocenters. The summed E-state index contributed by atoms with van der Waals surface area (Å²) < 4.78 is 1.72. The molecule has 2 aromatic rings. The van der Waals surface area contributed by atoms with Crippen LogP contribution >= 0.6 is 11.3 Å². The topological polar surface area (TPSA) is 59.8 Å². The van der Waals surface area contributed by atoms with Crippen molar-refractivity contribution in [3.8, 4) is 0 Å². The molecule has 0 aromatic carbocycles. The van der Waals surface area contributed by atoms with Gasteiger partial charge in [-0.25, -0.2) is 4.98 Å². The van der Waals surface area contributed by atoms with Gasteiger partial charge in [-0.05, 0) is 27.7 Å². The number of thiazole rings is 1. The number of amides is 1. The fourth-order valence-electron chi connectivity index (χ4n) is 2.03. The van der Waals surface area contributed by atoms with Gasteiger partial charge in [0.05, 0.1) is 16.8 Å².